The minimum absolute atomic E-state index is 0.0259. The molecule has 0 fully saturated rings. The van der Waals surface area contributed by atoms with Crippen LogP contribution in [-0.2, 0) is 7.05 Å². The number of amides is 1. The van der Waals surface area contributed by atoms with Crippen molar-refractivity contribution in [3.05, 3.63) is 66.7 Å². The second-order valence-corrected chi connectivity index (χ2v) is 6.97. The van der Waals surface area contributed by atoms with Gasteiger partial charge in [-0.05, 0) is 37.6 Å². The molecule has 7 nitrogen and oxygen atoms in total. The number of benzene rings is 1. The molecule has 4 aromatic rings. The summed E-state index contributed by atoms with van der Waals surface area (Å²) in [4.78, 5) is 21.4. The van der Waals surface area contributed by atoms with Gasteiger partial charge in [0.15, 0.2) is 0 Å². The minimum Gasteiger partial charge on any atom is -0.475 e. The Labute approximate surface area is 168 Å². The number of fused-ring (bicyclic) bond motifs is 1. The van der Waals surface area contributed by atoms with E-state index in [9.17, 15) is 4.79 Å². The molecule has 0 aliphatic carbocycles. The van der Waals surface area contributed by atoms with Crippen molar-refractivity contribution in [1.82, 2.24) is 19.7 Å². The van der Waals surface area contributed by atoms with Gasteiger partial charge in [-0.15, -0.1) is 0 Å². The molecule has 0 aliphatic rings. The van der Waals surface area contributed by atoms with E-state index >= 15 is 0 Å². The lowest BCUT2D eigenvalue weighted by molar-refractivity contribution is 0.102. The maximum Gasteiger partial charge on any atom is 0.257 e. The zero-order chi connectivity index (χ0) is 20.4. The smallest absolute Gasteiger partial charge is 0.257 e. The van der Waals surface area contributed by atoms with Crippen LogP contribution in [0.4, 0.5) is 5.69 Å². The largest absolute Gasteiger partial charge is 0.475 e. The lowest BCUT2D eigenvalue weighted by Crippen LogP contribution is -2.13. The minimum atomic E-state index is -0.255. The molecule has 3 aromatic heterocycles. The third-order valence-electron chi connectivity index (χ3n) is 4.39. The lowest BCUT2D eigenvalue weighted by atomic mass is 10.0. The van der Waals surface area contributed by atoms with Gasteiger partial charge in [0.1, 0.15) is 0 Å². The number of anilines is 1. The Kier molecular flexibility index (Phi) is 4.95. The summed E-state index contributed by atoms with van der Waals surface area (Å²) in [6.45, 7) is 3.85. The van der Waals surface area contributed by atoms with Gasteiger partial charge in [0, 0.05) is 42.7 Å². The summed E-state index contributed by atoms with van der Waals surface area (Å²) in [6, 6.07) is 11.1. The summed E-state index contributed by atoms with van der Waals surface area (Å²) in [5.74, 6) is 0.235. The van der Waals surface area contributed by atoms with E-state index in [1.165, 1.54) is 6.20 Å². The zero-order valence-corrected chi connectivity index (χ0v) is 16.5. The average Bonchev–Trinajstić information content (AvgIpc) is 3.14. The van der Waals surface area contributed by atoms with Crippen LogP contribution in [0, 0.1) is 0 Å². The molecule has 0 unspecified atom stereocenters. The number of nitrogens with zero attached hydrogens (tertiary/aromatic N) is 4. The monoisotopic (exact) mass is 387 g/mol. The second-order valence-electron chi connectivity index (χ2n) is 6.97. The molecule has 1 amide bonds. The average molecular weight is 387 g/mol. The van der Waals surface area contributed by atoms with Crippen molar-refractivity contribution in [2.45, 2.75) is 20.0 Å². The number of carbonyl (C=O) groups excluding carboxylic acids is 1. The highest BCUT2D eigenvalue weighted by atomic mass is 16.5. The number of hydrogen-bond donors (Lipinski definition) is 1. The normalized spacial score (nSPS) is 11.0. The molecule has 1 aromatic carbocycles. The molecule has 0 atom stereocenters. The molecule has 0 radical (unpaired) electrons. The summed E-state index contributed by atoms with van der Waals surface area (Å²) < 4.78 is 7.28. The summed E-state index contributed by atoms with van der Waals surface area (Å²) in [6.07, 6.45) is 7.03. The SMILES string of the molecule is CC(C)Oc1ccc(C(=O)Nc2cccc3c(-c4cnn(C)c4)ccnc23)cn1. The Morgan fingerprint density at radius 1 is 1.10 bits per heavy atom. The number of aryl methyl sites for hydroxylation is 1. The topological polar surface area (TPSA) is 81.9 Å². The maximum atomic E-state index is 12.7. The molecule has 1 N–H and O–H groups in total. The predicted octanol–water partition coefficient (Wildman–Crippen LogP) is 4.07. The second kappa shape index (κ2) is 7.71. The van der Waals surface area contributed by atoms with Crippen LogP contribution in [0.2, 0.25) is 0 Å². The molecular weight excluding hydrogens is 366 g/mol. The molecule has 0 saturated carbocycles. The van der Waals surface area contributed by atoms with E-state index in [1.54, 1.807) is 23.0 Å². The zero-order valence-electron chi connectivity index (χ0n) is 16.5. The van der Waals surface area contributed by atoms with Crippen molar-refractivity contribution in [3.8, 4) is 17.0 Å². The van der Waals surface area contributed by atoms with Crippen LogP contribution in [0.5, 0.6) is 5.88 Å². The van der Waals surface area contributed by atoms with Gasteiger partial charge in [-0.2, -0.15) is 5.10 Å². The molecule has 4 rings (SSSR count). The highest BCUT2D eigenvalue weighted by molar-refractivity contribution is 6.10. The van der Waals surface area contributed by atoms with Crippen LogP contribution >= 0.6 is 0 Å². The van der Waals surface area contributed by atoms with Crippen LogP contribution in [0.25, 0.3) is 22.0 Å². The third kappa shape index (κ3) is 3.94. The Balaban J connectivity index is 1.64. The number of carbonyl (C=O) groups is 1. The van der Waals surface area contributed by atoms with Crippen molar-refractivity contribution < 1.29 is 9.53 Å². The van der Waals surface area contributed by atoms with E-state index in [4.69, 9.17) is 4.74 Å². The van der Waals surface area contributed by atoms with Gasteiger partial charge >= 0.3 is 0 Å². The molecule has 3 heterocycles. The first-order chi connectivity index (χ1) is 14.0. The van der Waals surface area contributed by atoms with Gasteiger partial charge < -0.3 is 10.1 Å². The van der Waals surface area contributed by atoms with Crippen LogP contribution in [0.3, 0.4) is 0 Å². The first kappa shape index (κ1) is 18.6. The van der Waals surface area contributed by atoms with E-state index < -0.39 is 0 Å². The molecular formula is C22H21N5O2. The number of para-hydroxylation sites is 1. The first-order valence-electron chi connectivity index (χ1n) is 9.32. The first-order valence-corrected chi connectivity index (χ1v) is 9.32. The Hall–Kier alpha value is -3.74. The van der Waals surface area contributed by atoms with Gasteiger partial charge in [0.25, 0.3) is 5.91 Å². The number of nitrogens with one attached hydrogen (secondary N) is 1. The number of rotatable bonds is 5. The number of aromatic nitrogens is 4. The molecule has 0 aliphatic heterocycles. The third-order valence-corrected chi connectivity index (χ3v) is 4.39. The summed E-state index contributed by atoms with van der Waals surface area (Å²) in [7, 11) is 1.88. The van der Waals surface area contributed by atoms with Gasteiger partial charge in [-0.25, -0.2) is 4.98 Å². The van der Waals surface area contributed by atoms with E-state index in [0.717, 1.165) is 22.0 Å². The summed E-state index contributed by atoms with van der Waals surface area (Å²) in [5, 5.41) is 8.13. The van der Waals surface area contributed by atoms with Gasteiger partial charge in [0.05, 0.1) is 29.1 Å². The molecule has 29 heavy (non-hydrogen) atoms. The lowest BCUT2D eigenvalue weighted by Gasteiger charge is -2.11. The molecule has 0 spiro atoms. The number of pyridine rings is 2. The van der Waals surface area contributed by atoms with Crippen LogP contribution in [0.15, 0.2) is 61.2 Å². The van der Waals surface area contributed by atoms with Crippen LogP contribution in [-0.4, -0.2) is 31.8 Å². The van der Waals surface area contributed by atoms with Crippen molar-refractivity contribution in [2.24, 2.45) is 7.05 Å². The van der Waals surface area contributed by atoms with Gasteiger partial charge in [-0.3, -0.25) is 14.5 Å². The van der Waals surface area contributed by atoms with E-state index in [0.29, 0.717) is 17.1 Å². The number of ether oxygens (including phenoxy) is 1. The molecule has 0 bridgehead atoms. The van der Waals surface area contributed by atoms with E-state index in [1.807, 2.05) is 57.6 Å². The van der Waals surface area contributed by atoms with Gasteiger partial charge in [-0.1, -0.05) is 12.1 Å². The van der Waals surface area contributed by atoms with Crippen molar-refractivity contribution in [3.63, 3.8) is 0 Å². The molecule has 146 valence electrons. The Bertz CT molecular complexity index is 1170. The van der Waals surface area contributed by atoms with Crippen LogP contribution in [0.1, 0.15) is 24.2 Å². The van der Waals surface area contributed by atoms with Crippen LogP contribution < -0.4 is 10.1 Å². The quantitative estimate of drug-likeness (QED) is 0.558. The van der Waals surface area contributed by atoms with Crippen molar-refractivity contribution >= 4 is 22.5 Å². The van der Waals surface area contributed by atoms with E-state index in [-0.39, 0.29) is 12.0 Å². The van der Waals surface area contributed by atoms with Crippen molar-refractivity contribution in [1.29, 1.82) is 0 Å². The van der Waals surface area contributed by atoms with Gasteiger partial charge in [0.2, 0.25) is 5.88 Å². The predicted molar refractivity (Wildman–Crippen MR) is 112 cm³/mol. The highest BCUT2D eigenvalue weighted by Gasteiger charge is 2.13. The fourth-order valence-electron chi connectivity index (χ4n) is 3.11. The number of hydrogen-bond acceptors (Lipinski definition) is 5. The van der Waals surface area contributed by atoms with E-state index in [2.05, 4.69) is 20.4 Å². The maximum absolute atomic E-state index is 12.7. The highest BCUT2D eigenvalue weighted by Crippen LogP contribution is 2.30. The fraction of sp³-hybridized carbons (Fsp3) is 0.182. The fourth-order valence-corrected chi connectivity index (χ4v) is 3.11. The Morgan fingerprint density at radius 3 is 2.66 bits per heavy atom. The summed E-state index contributed by atoms with van der Waals surface area (Å²) in [5.41, 5.74) is 3.81. The van der Waals surface area contributed by atoms with Crippen molar-refractivity contribution in [2.75, 3.05) is 5.32 Å². The standard InChI is InChI=1S/C22H21N5O2/c1-14(2)29-20-8-7-15(11-24-20)22(28)26-19-6-4-5-18-17(9-10-23-21(18)19)16-12-25-27(3)13-16/h4-14H,1-3H3,(H,26,28). The Morgan fingerprint density at radius 2 is 1.97 bits per heavy atom. The molecule has 0 saturated heterocycles. The molecule has 7 heteroatoms. The summed E-state index contributed by atoms with van der Waals surface area (Å²) >= 11 is 0.